The minimum atomic E-state index is -0.206. The van der Waals surface area contributed by atoms with Crippen LogP contribution in [0.5, 0.6) is 0 Å². The van der Waals surface area contributed by atoms with Crippen molar-refractivity contribution in [2.75, 3.05) is 25.1 Å². The molecule has 1 unspecified atom stereocenters. The van der Waals surface area contributed by atoms with Crippen LogP contribution in [0.15, 0.2) is 12.1 Å². The van der Waals surface area contributed by atoms with Gasteiger partial charge in [0, 0.05) is 12.6 Å². The van der Waals surface area contributed by atoms with Crippen molar-refractivity contribution in [1.29, 1.82) is 0 Å². The van der Waals surface area contributed by atoms with Gasteiger partial charge in [0.25, 0.3) is 5.91 Å². The number of hydrogen-bond acceptors (Lipinski definition) is 6. The van der Waals surface area contributed by atoms with Gasteiger partial charge in [-0.15, -0.1) is 10.2 Å². The van der Waals surface area contributed by atoms with E-state index in [0.29, 0.717) is 11.5 Å². The van der Waals surface area contributed by atoms with E-state index >= 15 is 0 Å². The number of hydrogen-bond donors (Lipinski definition) is 3. The van der Waals surface area contributed by atoms with Crippen molar-refractivity contribution in [1.82, 2.24) is 20.4 Å². The average Bonchev–Trinajstić information content (AvgIpc) is 2.91. The van der Waals surface area contributed by atoms with Gasteiger partial charge in [0.05, 0.1) is 0 Å². The van der Waals surface area contributed by atoms with E-state index in [1.54, 1.807) is 12.1 Å². The number of amides is 1. The molecule has 1 aromatic rings. The standard InChI is InChI=1S/C12H20N6O/c1-9(8-18-6-2-3-7-18)14-12(19)10-4-5-11(15-13)17-16-10/h4-5,9H,2-3,6-8,13H2,1H3,(H,14,19)(H,15,17). The molecular formula is C12H20N6O. The minimum absolute atomic E-state index is 0.0970. The zero-order valence-electron chi connectivity index (χ0n) is 11.1. The maximum absolute atomic E-state index is 11.9. The number of nitrogen functional groups attached to an aromatic ring is 1. The van der Waals surface area contributed by atoms with Crippen molar-refractivity contribution in [2.24, 2.45) is 5.84 Å². The Balaban J connectivity index is 1.84. The Morgan fingerprint density at radius 2 is 2.16 bits per heavy atom. The van der Waals surface area contributed by atoms with E-state index < -0.39 is 0 Å². The predicted octanol–water partition coefficient (Wildman–Crippen LogP) is -0.0237. The summed E-state index contributed by atoms with van der Waals surface area (Å²) in [6.07, 6.45) is 2.50. The van der Waals surface area contributed by atoms with E-state index in [1.165, 1.54) is 12.8 Å². The zero-order chi connectivity index (χ0) is 13.7. The summed E-state index contributed by atoms with van der Waals surface area (Å²) < 4.78 is 0. The number of rotatable bonds is 5. The third-order valence-electron chi connectivity index (χ3n) is 3.15. The van der Waals surface area contributed by atoms with Gasteiger partial charge in [0.2, 0.25) is 0 Å². The number of aromatic nitrogens is 2. The molecule has 1 aliphatic heterocycles. The van der Waals surface area contributed by atoms with Crippen LogP contribution in [0.25, 0.3) is 0 Å². The molecule has 2 rings (SSSR count). The Bertz CT molecular complexity index is 415. The number of anilines is 1. The fraction of sp³-hybridized carbons (Fsp3) is 0.583. The van der Waals surface area contributed by atoms with Gasteiger partial charge in [0.15, 0.2) is 11.5 Å². The summed E-state index contributed by atoms with van der Waals surface area (Å²) in [4.78, 5) is 14.3. The van der Waals surface area contributed by atoms with Crippen molar-refractivity contribution in [3.63, 3.8) is 0 Å². The molecular weight excluding hydrogens is 244 g/mol. The summed E-state index contributed by atoms with van der Waals surface area (Å²) >= 11 is 0. The third-order valence-corrected chi connectivity index (χ3v) is 3.15. The molecule has 19 heavy (non-hydrogen) atoms. The minimum Gasteiger partial charge on any atom is -0.347 e. The number of carbonyl (C=O) groups excluding carboxylic acids is 1. The first-order chi connectivity index (χ1) is 9.19. The summed E-state index contributed by atoms with van der Waals surface area (Å²) in [5.74, 6) is 5.42. The zero-order valence-corrected chi connectivity index (χ0v) is 11.1. The molecule has 0 saturated carbocycles. The topological polar surface area (TPSA) is 96.2 Å². The van der Waals surface area contributed by atoms with Crippen LogP contribution < -0.4 is 16.6 Å². The number of nitrogens with zero attached hydrogens (tertiary/aromatic N) is 3. The molecule has 1 saturated heterocycles. The highest BCUT2D eigenvalue weighted by atomic mass is 16.2. The van der Waals surface area contributed by atoms with Crippen molar-refractivity contribution in [3.05, 3.63) is 17.8 Å². The van der Waals surface area contributed by atoms with E-state index in [1.807, 2.05) is 6.92 Å². The number of nitrogens with two attached hydrogens (primary N) is 1. The van der Waals surface area contributed by atoms with Crippen molar-refractivity contribution >= 4 is 11.7 Å². The Morgan fingerprint density at radius 3 is 2.74 bits per heavy atom. The van der Waals surface area contributed by atoms with Crippen LogP contribution in [0.4, 0.5) is 5.82 Å². The lowest BCUT2D eigenvalue weighted by molar-refractivity contribution is 0.0926. The van der Waals surface area contributed by atoms with E-state index in [4.69, 9.17) is 5.84 Å². The van der Waals surface area contributed by atoms with Gasteiger partial charge in [-0.1, -0.05) is 0 Å². The highest BCUT2D eigenvalue weighted by molar-refractivity contribution is 5.92. The molecule has 0 bridgehead atoms. The van der Waals surface area contributed by atoms with Gasteiger partial charge in [-0.2, -0.15) is 0 Å². The fourth-order valence-corrected chi connectivity index (χ4v) is 2.23. The van der Waals surface area contributed by atoms with Crippen LogP contribution in [0.3, 0.4) is 0 Å². The number of nitrogens with one attached hydrogen (secondary N) is 2. The van der Waals surface area contributed by atoms with Crippen molar-refractivity contribution in [2.45, 2.75) is 25.8 Å². The number of hydrazine groups is 1. The highest BCUT2D eigenvalue weighted by Crippen LogP contribution is 2.07. The molecule has 1 aromatic heterocycles. The first-order valence-electron chi connectivity index (χ1n) is 6.52. The van der Waals surface area contributed by atoms with Crippen LogP contribution in [0.1, 0.15) is 30.3 Å². The molecule has 0 aromatic carbocycles. The van der Waals surface area contributed by atoms with E-state index in [-0.39, 0.29) is 11.9 Å². The highest BCUT2D eigenvalue weighted by Gasteiger charge is 2.17. The van der Waals surface area contributed by atoms with Crippen LogP contribution in [0, 0.1) is 0 Å². The predicted molar refractivity (Wildman–Crippen MR) is 72.4 cm³/mol. The van der Waals surface area contributed by atoms with Crippen LogP contribution in [-0.4, -0.2) is 46.7 Å². The molecule has 0 aliphatic carbocycles. The molecule has 7 nitrogen and oxygen atoms in total. The van der Waals surface area contributed by atoms with Crippen LogP contribution >= 0.6 is 0 Å². The maximum atomic E-state index is 11.9. The first kappa shape index (κ1) is 13.7. The molecule has 1 atom stereocenters. The summed E-state index contributed by atoms with van der Waals surface area (Å²) in [7, 11) is 0. The molecule has 4 N–H and O–H groups in total. The Morgan fingerprint density at radius 1 is 1.42 bits per heavy atom. The SMILES string of the molecule is CC(CN1CCCC1)NC(=O)c1ccc(NN)nn1. The quantitative estimate of drug-likeness (QED) is 0.511. The second-order valence-electron chi connectivity index (χ2n) is 4.83. The molecule has 104 valence electrons. The maximum Gasteiger partial charge on any atom is 0.272 e. The van der Waals surface area contributed by atoms with E-state index in [9.17, 15) is 4.79 Å². The van der Waals surface area contributed by atoms with Crippen molar-refractivity contribution in [3.8, 4) is 0 Å². The van der Waals surface area contributed by atoms with Crippen molar-refractivity contribution < 1.29 is 4.79 Å². The molecule has 1 aliphatic rings. The second kappa shape index (κ2) is 6.44. The van der Waals surface area contributed by atoms with E-state index in [0.717, 1.165) is 19.6 Å². The lowest BCUT2D eigenvalue weighted by Gasteiger charge is -2.20. The van der Waals surface area contributed by atoms with Gasteiger partial charge < -0.3 is 15.6 Å². The lowest BCUT2D eigenvalue weighted by Crippen LogP contribution is -2.41. The second-order valence-corrected chi connectivity index (χ2v) is 4.83. The Labute approximate surface area is 112 Å². The third kappa shape index (κ3) is 3.87. The molecule has 0 radical (unpaired) electrons. The number of carbonyl (C=O) groups is 1. The summed E-state index contributed by atoms with van der Waals surface area (Å²) in [6.45, 7) is 5.12. The summed E-state index contributed by atoms with van der Waals surface area (Å²) in [6, 6.07) is 3.31. The molecule has 0 spiro atoms. The van der Waals surface area contributed by atoms with Crippen LogP contribution in [-0.2, 0) is 0 Å². The van der Waals surface area contributed by atoms with Gasteiger partial charge in [0.1, 0.15) is 0 Å². The van der Waals surface area contributed by atoms with Gasteiger partial charge >= 0.3 is 0 Å². The molecule has 1 fully saturated rings. The first-order valence-corrected chi connectivity index (χ1v) is 6.52. The van der Waals surface area contributed by atoms with Crippen LogP contribution in [0.2, 0.25) is 0 Å². The largest absolute Gasteiger partial charge is 0.347 e. The monoisotopic (exact) mass is 264 g/mol. The molecule has 1 amide bonds. The molecule has 7 heteroatoms. The Kier molecular flexibility index (Phi) is 4.64. The lowest BCUT2D eigenvalue weighted by atomic mass is 10.3. The summed E-state index contributed by atoms with van der Waals surface area (Å²) in [5, 5.41) is 10.5. The number of likely N-dealkylation sites (tertiary alicyclic amines) is 1. The van der Waals surface area contributed by atoms with E-state index in [2.05, 4.69) is 25.8 Å². The van der Waals surface area contributed by atoms with Gasteiger partial charge in [-0.3, -0.25) is 4.79 Å². The summed E-state index contributed by atoms with van der Waals surface area (Å²) in [5.41, 5.74) is 2.67. The smallest absolute Gasteiger partial charge is 0.272 e. The van der Waals surface area contributed by atoms with Gasteiger partial charge in [-0.05, 0) is 45.0 Å². The fourth-order valence-electron chi connectivity index (χ4n) is 2.23. The average molecular weight is 264 g/mol. The Hall–Kier alpha value is -1.73. The normalized spacial score (nSPS) is 17.2. The molecule has 2 heterocycles. The van der Waals surface area contributed by atoms with Gasteiger partial charge in [-0.25, -0.2) is 5.84 Å².